The number of benzene rings is 1. The lowest BCUT2D eigenvalue weighted by Gasteiger charge is -2.32. The van der Waals surface area contributed by atoms with Crippen molar-refractivity contribution in [2.75, 3.05) is 27.3 Å². The summed E-state index contributed by atoms with van der Waals surface area (Å²) in [4.78, 5) is 2.04. The molecular weight excluding hydrogens is 264 g/mol. The summed E-state index contributed by atoms with van der Waals surface area (Å²) in [6.45, 7) is 3.40. The molecule has 112 valence electrons. The molecule has 1 fully saturated rings. The van der Waals surface area contributed by atoms with Gasteiger partial charge in [-0.15, -0.1) is 0 Å². The van der Waals surface area contributed by atoms with Gasteiger partial charge in [-0.1, -0.05) is 6.07 Å². The number of hydrogen-bond donors (Lipinski definition) is 0. The third-order valence-electron chi connectivity index (χ3n) is 3.84. The molecule has 3 nitrogen and oxygen atoms in total. The summed E-state index contributed by atoms with van der Waals surface area (Å²) < 4.78 is 37.0. The van der Waals surface area contributed by atoms with Gasteiger partial charge in [0.15, 0.2) is 0 Å². The highest BCUT2D eigenvalue weighted by Crippen LogP contribution is 2.34. The van der Waals surface area contributed by atoms with E-state index in [1.54, 1.807) is 14.2 Å². The van der Waals surface area contributed by atoms with Gasteiger partial charge in [0, 0.05) is 43.6 Å². The number of halogens is 2. The molecule has 0 amide bonds. The van der Waals surface area contributed by atoms with Crippen molar-refractivity contribution in [3.63, 3.8) is 0 Å². The Balaban J connectivity index is 2.12. The van der Waals surface area contributed by atoms with Gasteiger partial charge in [0.25, 0.3) is 5.92 Å². The molecule has 0 aliphatic carbocycles. The van der Waals surface area contributed by atoms with Gasteiger partial charge in [-0.25, -0.2) is 8.78 Å². The van der Waals surface area contributed by atoms with Crippen molar-refractivity contribution in [2.24, 2.45) is 0 Å². The largest absolute Gasteiger partial charge is 0.496 e. The van der Waals surface area contributed by atoms with Gasteiger partial charge in [-0.2, -0.15) is 0 Å². The highest BCUT2D eigenvalue weighted by molar-refractivity contribution is 5.49. The Labute approximate surface area is 118 Å². The topological polar surface area (TPSA) is 21.7 Å². The lowest BCUT2D eigenvalue weighted by molar-refractivity contribution is -0.0567. The molecule has 5 heteroatoms. The Bertz CT molecular complexity index is 467. The van der Waals surface area contributed by atoms with E-state index in [1.807, 2.05) is 24.0 Å². The second-order valence-electron chi connectivity index (χ2n) is 5.22. The van der Waals surface area contributed by atoms with Crippen molar-refractivity contribution in [1.29, 1.82) is 0 Å². The average Bonchev–Trinajstić information content (AvgIpc) is 2.42. The van der Waals surface area contributed by atoms with E-state index >= 15 is 0 Å². The molecule has 2 rings (SSSR count). The highest BCUT2D eigenvalue weighted by Gasteiger charge is 2.34. The van der Waals surface area contributed by atoms with E-state index in [0.29, 0.717) is 19.6 Å². The summed E-state index contributed by atoms with van der Waals surface area (Å²) in [6, 6.07) is 3.84. The van der Waals surface area contributed by atoms with Gasteiger partial charge in [0.05, 0.1) is 14.2 Å². The molecular formula is C15H21F2NO2. The van der Waals surface area contributed by atoms with Gasteiger partial charge in [0.1, 0.15) is 11.5 Å². The highest BCUT2D eigenvalue weighted by atomic mass is 19.3. The van der Waals surface area contributed by atoms with E-state index in [1.165, 1.54) is 0 Å². The van der Waals surface area contributed by atoms with Crippen molar-refractivity contribution < 1.29 is 18.3 Å². The van der Waals surface area contributed by atoms with Crippen LogP contribution in [-0.2, 0) is 6.54 Å². The summed E-state index contributed by atoms with van der Waals surface area (Å²) in [5.41, 5.74) is 1.95. The van der Waals surface area contributed by atoms with Gasteiger partial charge in [0.2, 0.25) is 0 Å². The zero-order chi connectivity index (χ0) is 14.8. The van der Waals surface area contributed by atoms with E-state index < -0.39 is 5.92 Å². The zero-order valence-corrected chi connectivity index (χ0v) is 12.2. The average molecular weight is 285 g/mol. The molecule has 1 aliphatic heterocycles. The monoisotopic (exact) mass is 285 g/mol. The van der Waals surface area contributed by atoms with E-state index in [9.17, 15) is 8.78 Å². The van der Waals surface area contributed by atoms with E-state index in [-0.39, 0.29) is 12.8 Å². The first-order valence-electron chi connectivity index (χ1n) is 6.77. The van der Waals surface area contributed by atoms with Crippen LogP contribution in [0.1, 0.15) is 24.0 Å². The lowest BCUT2D eigenvalue weighted by Crippen LogP contribution is -2.38. The summed E-state index contributed by atoms with van der Waals surface area (Å²) in [7, 11) is 3.24. The maximum absolute atomic E-state index is 13.2. The van der Waals surface area contributed by atoms with Crippen LogP contribution in [0.4, 0.5) is 8.78 Å². The van der Waals surface area contributed by atoms with Gasteiger partial charge in [-0.05, 0) is 13.0 Å². The number of nitrogens with zero attached hydrogens (tertiary/aromatic N) is 1. The molecule has 1 aromatic rings. The third-order valence-corrected chi connectivity index (χ3v) is 3.84. The number of likely N-dealkylation sites (tertiary alicyclic amines) is 1. The van der Waals surface area contributed by atoms with Gasteiger partial charge < -0.3 is 9.47 Å². The smallest absolute Gasteiger partial charge is 0.250 e. The number of hydrogen-bond acceptors (Lipinski definition) is 3. The van der Waals surface area contributed by atoms with Crippen molar-refractivity contribution in [3.8, 4) is 11.5 Å². The Morgan fingerprint density at radius 1 is 1.15 bits per heavy atom. The Kier molecular flexibility index (Phi) is 4.48. The Morgan fingerprint density at radius 2 is 1.80 bits per heavy atom. The van der Waals surface area contributed by atoms with E-state index in [2.05, 4.69) is 0 Å². The lowest BCUT2D eigenvalue weighted by atomic mass is 10.0. The van der Waals surface area contributed by atoms with Crippen LogP contribution >= 0.6 is 0 Å². The first-order chi connectivity index (χ1) is 9.46. The van der Waals surface area contributed by atoms with Crippen LogP contribution in [0.3, 0.4) is 0 Å². The van der Waals surface area contributed by atoms with E-state index in [4.69, 9.17) is 9.47 Å². The van der Waals surface area contributed by atoms with Crippen LogP contribution < -0.4 is 9.47 Å². The fraction of sp³-hybridized carbons (Fsp3) is 0.600. The molecule has 0 spiro atoms. The maximum Gasteiger partial charge on any atom is 0.250 e. The van der Waals surface area contributed by atoms with E-state index in [0.717, 1.165) is 22.6 Å². The molecule has 20 heavy (non-hydrogen) atoms. The van der Waals surface area contributed by atoms with Crippen molar-refractivity contribution in [2.45, 2.75) is 32.2 Å². The molecule has 0 unspecified atom stereocenters. The Hall–Kier alpha value is -1.36. The van der Waals surface area contributed by atoms with Crippen molar-refractivity contribution in [3.05, 3.63) is 23.3 Å². The third kappa shape index (κ3) is 3.20. The second kappa shape index (κ2) is 5.95. The quantitative estimate of drug-likeness (QED) is 0.847. The van der Waals surface area contributed by atoms with Crippen molar-refractivity contribution in [1.82, 2.24) is 4.90 Å². The van der Waals surface area contributed by atoms with Crippen LogP contribution in [0, 0.1) is 6.92 Å². The normalized spacial score (nSPS) is 18.9. The fourth-order valence-electron chi connectivity index (χ4n) is 2.64. The summed E-state index contributed by atoms with van der Waals surface area (Å²) in [5, 5.41) is 0. The number of alkyl halides is 2. The maximum atomic E-state index is 13.2. The summed E-state index contributed by atoms with van der Waals surface area (Å²) in [5.74, 6) is -0.950. The number of ether oxygens (including phenoxy) is 2. The minimum atomic E-state index is -2.50. The van der Waals surface area contributed by atoms with Crippen LogP contribution in [0.25, 0.3) is 0 Å². The molecule has 1 saturated heterocycles. The second-order valence-corrected chi connectivity index (χ2v) is 5.22. The minimum absolute atomic E-state index is 0.0650. The molecule has 1 heterocycles. The number of rotatable bonds is 4. The molecule has 0 saturated carbocycles. The standard InChI is InChI=1S/C15H21F2NO2/c1-11-13(19-2)5-4-12(14(11)20-3)10-18-8-6-15(16,17)7-9-18/h4-5H,6-10H2,1-3H3. The molecule has 1 aliphatic rings. The number of piperidine rings is 1. The minimum Gasteiger partial charge on any atom is -0.496 e. The zero-order valence-electron chi connectivity index (χ0n) is 12.2. The Morgan fingerprint density at radius 3 is 2.35 bits per heavy atom. The predicted octanol–water partition coefficient (Wildman–Crippen LogP) is 3.24. The molecule has 0 aromatic heterocycles. The van der Waals surface area contributed by atoms with Crippen LogP contribution in [0.15, 0.2) is 12.1 Å². The summed E-state index contributed by atoms with van der Waals surface area (Å²) >= 11 is 0. The molecule has 0 radical (unpaired) electrons. The SMILES string of the molecule is COc1ccc(CN2CCC(F)(F)CC2)c(OC)c1C. The molecule has 1 aromatic carbocycles. The predicted molar refractivity (Wildman–Crippen MR) is 73.7 cm³/mol. The first-order valence-corrected chi connectivity index (χ1v) is 6.77. The van der Waals surface area contributed by atoms with Crippen LogP contribution in [0.5, 0.6) is 11.5 Å². The fourth-order valence-corrected chi connectivity index (χ4v) is 2.64. The van der Waals surface area contributed by atoms with Crippen molar-refractivity contribution >= 4 is 0 Å². The first kappa shape index (κ1) is 15.0. The van der Waals surface area contributed by atoms with Gasteiger partial charge >= 0.3 is 0 Å². The molecule has 0 atom stereocenters. The molecule has 0 N–H and O–H groups in total. The van der Waals surface area contributed by atoms with Crippen LogP contribution in [0.2, 0.25) is 0 Å². The van der Waals surface area contributed by atoms with Crippen LogP contribution in [-0.4, -0.2) is 38.1 Å². The molecule has 0 bridgehead atoms. The van der Waals surface area contributed by atoms with Gasteiger partial charge in [-0.3, -0.25) is 4.90 Å². The summed E-state index contributed by atoms with van der Waals surface area (Å²) in [6.07, 6.45) is -0.130. The number of methoxy groups -OCH3 is 2.